The molecule has 0 saturated heterocycles. The van der Waals surface area contributed by atoms with Crippen molar-refractivity contribution in [3.05, 3.63) is 54.4 Å². The van der Waals surface area contributed by atoms with E-state index in [-0.39, 0.29) is 5.75 Å². The van der Waals surface area contributed by atoms with E-state index in [2.05, 4.69) is 23.2 Å². The zero-order chi connectivity index (χ0) is 14.8. The minimum atomic E-state index is -0.842. The van der Waals surface area contributed by atoms with Gasteiger partial charge in [0.25, 0.3) is 0 Å². The Balaban J connectivity index is 2.12. The number of carboxylic acid groups (broad SMARTS) is 1. The van der Waals surface area contributed by atoms with Gasteiger partial charge < -0.3 is 5.11 Å². The minimum Gasteiger partial charge on any atom is -0.481 e. The lowest BCUT2D eigenvalue weighted by Crippen LogP contribution is -2.01. The number of aromatic nitrogens is 2. The molecule has 4 nitrogen and oxygen atoms in total. The topological polar surface area (TPSA) is 55.1 Å². The summed E-state index contributed by atoms with van der Waals surface area (Å²) >= 11 is 1.23. The standard InChI is InChI=1S/C16H14N2O2S/c1-11-9-18(16(17-11)21-10-15(19)20)14-8-4-6-12-5-2-3-7-13(12)14/h2-9H,10H2,1H3,(H,19,20). The number of fused-ring (bicyclic) bond motifs is 1. The summed E-state index contributed by atoms with van der Waals surface area (Å²) in [6.07, 6.45) is 1.94. The molecule has 1 aromatic heterocycles. The van der Waals surface area contributed by atoms with E-state index in [4.69, 9.17) is 5.11 Å². The van der Waals surface area contributed by atoms with Crippen LogP contribution in [0, 0.1) is 6.92 Å². The van der Waals surface area contributed by atoms with Crippen LogP contribution in [0.1, 0.15) is 5.69 Å². The number of carbonyl (C=O) groups is 1. The number of rotatable bonds is 4. The fourth-order valence-electron chi connectivity index (χ4n) is 2.29. The molecule has 5 heteroatoms. The first-order chi connectivity index (χ1) is 10.1. The van der Waals surface area contributed by atoms with Crippen molar-refractivity contribution in [1.29, 1.82) is 0 Å². The van der Waals surface area contributed by atoms with Crippen molar-refractivity contribution in [3.8, 4) is 5.69 Å². The van der Waals surface area contributed by atoms with Crippen LogP contribution >= 0.6 is 11.8 Å². The Bertz CT molecular complexity index is 806. The third kappa shape index (κ3) is 2.78. The molecule has 0 atom stereocenters. The lowest BCUT2D eigenvalue weighted by molar-refractivity contribution is -0.133. The van der Waals surface area contributed by atoms with Crippen LogP contribution in [0.5, 0.6) is 0 Å². The highest BCUT2D eigenvalue weighted by Gasteiger charge is 2.12. The number of aryl methyl sites for hydroxylation is 1. The smallest absolute Gasteiger partial charge is 0.313 e. The molecule has 2 aromatic carbocycles. The second kappa shape index (κ2) is 5.61. The van der Waals surface area contributed by atoms with Crippen molar-refractivity contribution in [1.82, 2.24) is 9.55 Å². The normalized spacial score (nSPS) is 10.9. The van der Waals surface area contributed by atoms with Crippen molar-refractivity contribution in [2.45, 2.75) is 12.1 Å². The molecule has 0 radical (unpaired) electrons. The van der Waals surface area contributed by atoms with Crippen LogP contribution in [0.4, 0.5) is 0 Å². The summed E-state index contributed by atoms with van der Waals surface area (Å²) in [5.74, 6) is -0.841. The number of hydrogen-bond acceptors (Lipinski definition) is 3. The number of imidazole rings is 1. The van der Waals surface area contributed by atoms with E-state index in [0.717, 1.165) is 22.2 Å². The van der Waals surface area contributed by atoms with Crippen LogP contribution in [0.25, 0.3) is 16.5 Å². The number of hydrogen-bond donors (Lipinski definition) is 1. The van der Waals surface area contributed by atoms with Gasteiger partial charge in [-0.3, -0.25) is 9.36 Å². The summed E-state index contributed by atoms with van der Waals surface area (Å²) < 4.78 is 1.96. The molecule has 21 heavy (non-hydrogen) atoms. The van der Waals surface area contributed by atoms with Gasteiger partial charge in [0.1, 0.15) is 0 Å². The van der Waals surface area contributed by atoms with Gasteiger partial charge in [-0.05, 0) is 18.4 Å². The first kappa shape index (κ1) is 13.7. The summed E-state index contributed by atoms with van der Waals surface area (Å²) in [5.41, 5.74) is 1.89. The second-order valence-electron chi connectivity index (χ2n) is 4.72. The van der Waals surface area contributed by atoms with Gasteiger partial charge in [-0.2, -0.15) is 0 Å². The molecule has 0 spiro atoms. The lowest BCUT2D eigenvalue weighted by atomic mass is 10.1. The summed E-state index contributed by atoms with van der Waals surface area (Å²) in [4.78, 5) is 15.2. The molecule has 1 heterocycles. The van der Waals surface area contributed by atoms with E-state index in [1.165, 1.54) is 11.8 Å². The highest BCUT2D eigenvalue weighted by atomic mass is 32.2. The molecule has 0 aliphatic rings. The fraction of sp³-hybridized carbons (Fsp3) is 0.125. The highest BCUT2D eigenvalue weighted by Crippen LogP contribution is 2.27. The summed E-state index contributed by atoms with van der Waals surface area (Å²) in [7, 11) is 0. The van der Waals surface area contributed by atoms with Gasteiger partial charge in [-0.25, -0.2) is 4.98 Å². The molecule has 0 amide bonds. The molecule has 0 unspecified atom stereocenters. The molecule has 106 valence electrons. The van der Waals surface area contributed by atoms with E-state index in [0.29, 0.717) is 5.16 Å². The maximum absolute atomic E-state index is 10.8. The first-order valence-electron chi connectivity index (χ1n) is 6.54. The SMILES string of the molecule is Cc1cn(-c2cccc3ccccc23)c(SCC(=O)O)n1. The third-order valence-electron chi connectivity index (χ3n) is 3.14. The van der Waals surface area contributed by atoms with Crippen LogP contribution < -0.4 is 0 Å². The number of benzene rings is 2. The molecule has 0 saturated carbocycles. The third-order valence-corrected chi connectivity index (χ3v) is 4.08. The van der Waals surface area contributed by atoms with E-state index in [9.17, 15) is 4.79 Å². The molecule has 0 bridgehead atoms. The highest BCUT2D eigenvalue weighted by molar-refractivity contribution is 7.99. The number of nitrogens with zero attached hydrogens (tertiary/aromatic N) is 2. The zero-order valence-corrected chi connectivity index (χ0v) is 12.3. The molecular weight excluding hydrogens is 284 g/mol. The Labute approximate surface area is 126 Å². The van der Waals surface area contributed by atoms with Crippen LogP contribution in [-0.2, 0) is 4.79 Å². The van der Waals surface area contributed by atoms with Gasteiger partial charge in [0.2, 0.25) is 0 Å². The largest absolute Gasteiger partial charge is 0.481 e. The van der Waals surface area contributed by atoms with E-state index in [1.807, 2.05) is 42.0 Å². The Morgan fingerprint density at radius 3 is 2.81 bits per heavy atom. The second-order valence-corrected chi connectivity index (χ2v) is 5.66. The van der Waals surface area contributed by atoms with Crippen molar-refractivity contribution in [3.63, 3.8) is 0 Å². The summed E-state index contributed by atoms with van der Waals surface area (Å²) in [5, 5.41) is 11.8. The van der Waals surface area contributed by atoms with Crippen molar-refractivity contribution >= 4 is 28.5 Å². The Kier molecular flexibility index (Phi) is 3.66. The van der Waals surface area contributed by atoms with Crippen LogP contribution in [0.15, 0.2) is 53.8 Å². The van der Waals surface area contributed by atoms with Crippen LogP contribution in [-0.4, -0.2) is 26.4 Å². The summed E-state index contributed by atoms with van der Waals surface area (Å²) in [6.45, 7) is 1.91. The van der Waals surface area contributed by atoms with E-state index >= 15 is 0 Å². The molecule has 0 fully saturated rings. The maximum atomic E-state index is 10.8. The maximum Gasteiger partial charge on any atom is 0.313 e. The predicted molar refractivity (Wildman–Crippen MR) is 84.2 cm³/mol. The fourth-order valence-corrected chi connectivity index (χ4v) is 3.05. The Hall–Kier alpha value is -2.27. The number of carboxylic acids is 1. The first-order valence-corrected chi connectivity index (χ1v) is 7.52. The number of aliphatic carboxylic acids is 1. The van der Waals surface area contributed by atoms with Crippen molar-refractivity contribution < 1.29 is 9.90 Å². The van der Waals surface area contributed by atoms with Gasteiger partial charge in [-0.15, -0.1) is 0 Å². The number of thioether (sulfide) groups is 1. The van der Waals surface area contributed by atoms with Crippen LogP contribution in [0.2, 0.25) is 0 Å². The van der Waals surface area contributed by atoms with E-state index in [1.54, 1.807) is 0 Å². The monoisotopic (exact) mass is 298 g/mol. The zero-order valence-electron chi connectivity index (χ0n) is 11.5. The lowest BCUT2D eigenvalue weighted by Gasteiger charge is -2.10. The average Bonchev–Trinajstić information content (AvgIpc) is 2.85. The van der Waals surface area contributed by atoms with Gasteiger partial charge in [0, 0.05) is 11.6 Å². The predicted octanol–water partition coefficient (Wildman–Crippen LogP) is 3.51. The molecule has 1 N–H and O–H groups in total. The Morgan fingerprint density at radius 2 is 2.00 bits per heavy atom. The molecule has 3 aromatic rings. The molecule has 3 rings (SSSR count). The molecular formula is C16H14N2O2S. The van der Waals surface area contributed by atoms with Gasteiger partial charge in [-0.1, -0.05) is 48.2 Å². The minimum absolute atomic E-state index is 0.00121. The van der Waals surface area contributed by atoms with Gasteiger partial charge >= 0.3 is 5.97 Å². The Morgan fingerprint density at radius 1 is 1.24 bits per heavy atom. The molecule has 0 aliphatic carbocycles. The van der Waals surface area contributed by atoms with Crippen molar-refractivity contribution in [2.24, 2.45) is 0 Å². The van der Waals surface area contributed by atoms with Crippen molar-refractivity contribution in [2.75, 3.05) is 5.75 Å². The quantitative estimate of drug-likeness (QED) is 0.749. The van der Waals surface area contributed by atoms with Crippen LogP contribution in [0.3, 0.4) is 0 Å². The summed E-state index contributed by atoms with van der Waals surface area (Å²) in [6, 6.07) is 14.2. The van der Waals surface area contributed by atoms with E-state index < -0.39 is 5.97 Å². The van der Waals surface area contributed by atoms with Gasteiger partial charge in [0.05, 0.1) is 17.1 Å². The average molecular weight is 298 g/mol. The van der Waals surface area contributed by atoms with Gasteiger partial charge in [0.15, 0.2) is 5.16 Å². The molecule has 0 aliphatic heterocycles.